The van der Waals surface area contributed by atoms with Gasteiger partial charge in [0, 0.05) is 11.4 Å². The summed E-state index contributed by atoms with van der Waals surface area (Å²) in [6, 6.07) is 4.38. The van der Waals surface area contributed by atoms with Gasteiger partial charge in [-0.1, -0.05) is 11.8 Å². The summed E-state index contributed by atoms with van der Waals surface area (Å²) in [4.78, 5) is 4.02. The number of anilines is 1. The van der Waals surface area contributed by atoms with E-state index in [1.54, 1.807) is 6.07 Å². The molecule has 0 fully saturated rings. The van der Waals surface area contributed by atoms with Crippen LogP contribution >= 0.6 is 23.3 Å². The maximum Gasteiger partial charge on any atom is 0.170 e. The maximum absolute atomic E-state index is 12.9. The molecule has 0 aliphatic heterocycles. The van der Waals surface area contributed by atoms with Crippen LogP contribution < -0.4 is 5.73 Å². The molecule has 0 amide bonds. The lowest BCUT2D eigenvalue weighted by Gasteiger charge is -2.03. The van der Waals surface area contributed by atoms with Crippen molar-refractivity contribution in [1.82, 2.24) is 9.36 Å². The molecule has 0 aliphatic carbocycles. The Morgan fingerprint density at radius 1 is 1.47 bits per heavy atom. The summed E-state index contributed by atoms with van der Waals surface area (Å²) in [7, 11) is 0. The lowest BCUT2D eigenvalue weighted by Crippen LogP contribution is -1.93. The van der Waals surface area contributed by atoms with Crippen LogP contribution in [0.5, 0.6) is 0 Å². The predicted octanol–water partition coefficient (Wildman–Crippen LogP) is 2.55. The fourth-order valence-electron chi connectivity index (χ4n) is 1.07. The lowest BCUT2D eigenvalue weighted by molar-refractivity contribution is 0.627. The molecule has 6 heteroatoms. The van der Waals surface area contributed by atoms with E-state index in [1.165, 1.54) is 41.8 Å². The quantitative estimate of drug-likeness (QED) is 0.662. The Labute approximate surface area is 94.7 Å². The van der Waals surface area contributed by atoms with Crippen molar-refractivity contribution in [3.63, 3.8) is 0 Å². The normalized spacial score (nSPS) is 10.5. The number of hydrogen-bond acceptors (Lipinski definition) is 5. The van der Waals surface area contributed by atoms with E-state index in [0.29, 0.717) is 11.4 Å². The van der Waals surface area contributed by atoms with Crippen LogP contribution in [0.15, 0.2) is 28.9 Å². The van der Waals surface area contributed by atoms with Crippen LogP contribution in [-0.2, 0) is 5.75 Å². The second-order valence-corrected chi connectivity index (χ2v) is 4.84. The molecule has 0 atom stereocenters. The van der Waals surface area contributed by atoms with E-state index in [2.05, 4.69) is 9.36 Å². The van der Waals surface area contributed by atoms with E-state index in [0.717, 1.165) is 9.90 Å². The smallest absolute Gasteiger partial charge is 0.170 e. The van der Waals surface area contributed by atoms with Crippen molar-refractivity contribution in [3.8, 4) is 0 Å². The first kappa shape index (κ1) is 10.4. The molecule has 1 heterocycles. The van der Waals surface area contributed by atoms with Crippen molar-refractivity contribution in [2.45, 2.75) is 10.1 Å². The van der Waals surface area contributed by atoms with E-state index >= 15 is 0 Å². The van der Waals surface area contributed by atoms with E-state index < -0.39 is 0 Å². The largest absolute Gasteiger partial charge is 0.398 e. The Hall–Kier alpha value is -1.14. The Bertz CT molecular complexity index is 445. The molecule has 0 spiro atoms. The summed E-state index contributed by atoms with van der Waals surface area (Å²) in [5.41, 5.74) is 7.11. The highest BCUT2D eigenvalue weighted by atomic mass is 32.2. The van der Waals surface area contributed by atoms with Gasteiger partial charge in [-0.05, 0) is 35.3 Å². The Morgan fingerprint density at radius 3 is 3.07 bits per heavy atom. The zero-order valence-electron chi connectivity index (χ0n) is 7.68. The minimum absolute atomic E-state index is 0.267. The number of aromatic nitrogens is 2. The standard InChI is InChI=1S/C9H8FN3S2/c10-7-1-2-8(11)6(3-7)4-14-9-12-5-13-15-9/h1-3,5H,4,11H2. The van der Waals surface area contributed by atoms with Gasteiger partial charge in [0.2, 0.25) is 0 Å². The van der Waals surface area contributed by atoms with Crippen LogP contribution in [-0.4, -0.2) is 9.36 Å². The molecule has 0 bridgehead atoms. The van der Waals surface area contributed by atoms with Gasteiger partial charge in [-0.3, -0.25) is 0 Å². The highest BCUT2D eigenvalue weighted by Gasteiger charge is 2.04. The van der Waals surface area contributed by atoms with Gasteiger partial charge in [0.25, 0.3) is 0 Å². The molecule has 0 aliphatic rings. The highest BCUT2D eigenvalue weighted by molar-refractivity contribution is 8.00. The predicted molar refractivity (Wildman–Crippen MR) is 60.3 cm³/mol. The third-order valence-electron chi connectivity index (χ3n) is 1.80. The average Bonchev–Trinajstić information content (AvgIpc) is 2.72. The van der Waals surface area contributed by atoms with Gasteiger partial charge in [0.05, 0.1) is 0 Å². The number of rotatable bonds is 3. The number of thioether (sulfide) groups is 1. The molecule has 0 saturated carbocycles. The number of hydrogen-bond donors (Lipinski definition) is 1. The van der Waals surface area contributed by atoms with Crippen LogP contribution in [0.25, 0.3) is 0 Å². The minimum Gasteiger partial charge on any atom is -0.398 e. The molecule has 78 valence electrons. The molecule has 2 rings (SSSR count). The van der Waals surface area contributed by atoms with Crippen molar-refractivity contribution in [2.75, 3.05) is 5.73 Å². The second-order valence-electron chi connectivity index (χ2n) is 2.84. The van der Waals surface area contributed by atoms with E-state index in [4.69, 9.17) is 5.73 Å². The molecule has 2 aromatic rings. The van der Waals surface area contributed by atoms with Gasteiger partial charge < -0.3 is 5.73 Å². The summed E-state index contributed by atoms with van der Waals surface area (Å²) in [5, 5.41) is 0. The molecule has 3 nitrogen and oxygen atoms in total. The SMILES string of the molecule is Nc1ccc(F)cc1CSc1ncns1. The molecule has 1 aromatic heterocycles. The van der Waals surface area contributed by atoms with Crippen LogP contribution in [0.2, 0.25) is 0 Å². The van der Waals surface area contributed by atoms with Crippen LogP contribution in [0, 0.1) is 5.82 Å². The highest BCUT2D eigenvalue weighted by Crippen LogP contribution is 2.26. The Balaban J connectivity index is 2.07. The first-order valence-corrected chi connectivity index (χ1v) is 5.95. The van der Waals surface area contributed by atoms with E-state index in [-0.39, 0.29) is 5.82 Å². The monoisotopic (exact) mass is 241 g/mol. The fourth-order valence-corrected chi connectivity index (χ4v) is 2.51. The number of halogens is 1. The molecular formula is C9H8FN3S2. The minimum atomic E-state index is -0.267. The third-order valence-corrected chi connectivity index (χ3v) is 3.64. The number of nitrogens with two attached hydrogens (primary N) is 1. The Kier molecular flexibility index (Phi) is 3.17. The topological polar surface area (TPSA) is 51.8 Å². The third kappa shape index (κ3) is 2.66. The first-order chi connectivity index (χ1) is 7.25. The molecule has 2 N–H and O–H groups in total. The van der Waals surface area contributed by atoms with Gasteiger partial charge in [-0.2, -0.15) is 4.37 Å². The maximum atomic E-state index is 12.9. The number of benzene rings is 1. The summed E-state index contributed by atoms with van der Waals surface area (Å²) in [6.45, 7) is 0. The van der Waals surface area contributed by atoms with Crippen molar-refractivity contribution in [2.24, 2.45) is 0 Å². The van der Waals surface area contributed by atoms with Crippen molar-refractivity contribution in [3.05, 3.63) is 35.9 Å². The van der Waals surface area contributed by atoms with Crippen molar-refractivity contribution >= 4 is 29.0 Å². The number of nitrogens with zero attached hydrogens (tertiary/aromatic N) is 2. The van der Waals surface area contributed by atoms with Crippen molar-refractivity contribution < 1.29 is 4.39 Å². The summed E-state index contributed by atoms with van der Waals surface area (Å²) in [6.07, 6.45) is 1.50. The molecule has 0 saturated heterocycles. The fraction of sp³-hybridized carbons (Fsp3) is 0.111. The van der Waals surface area contributed by atoms with Crippen LogP contribution in [0.4, 0.5) is 10.1 Å². The van der Waals surface area contributed by atoms with Gasteiger partial charge in [-0.15, -0.1) is 0 Å². The molecule has 1 aromatic carbocycles. The van der Waals surface area contributed by atoms with Crippen LogP contribution in [0.1, 0.15) is 5.56 Å². The average molecular weight is 241 g/mol. The summed E-state index contributed by atoms with van der Waals surface area (Å²) < 4.78 is 17.7. The molecule has 0 unspecified atom stereocenters. The molecule has 0 radical (unpaired) electrons. The molecule has 15 heavy (non-hydrogen) atoms. The van der Waals surface area contributed by atoms with Gasteiger partial charge in [0.15, 0.2) is 4.34 Å². The lowest BCUT2D eigenvalue weighted by atomic mass is 10.2. The van der Waals surface area contributed by atoms with E-state index in [1.807, 2.05) is 0 Å². The van der Waals surface area contributed by atoms with Gasteiger partial charge in [0.1, 0.15) is 12.1 Å². The first-order valence-electron chi connectivity index (χ1n) is 4.19. The Morgan fingerprint density at radius 2 is 2.33 bits per heavy atom. The molecular weight excluding hydrogens is 233 g/mol. The zero-order chi connectivity index (χ0) is 10.7. The van der Waals surface area contributed by atoms with E-state index in [9.17, 15) is 4.39 Å². The van der Waals surface area contributed by atoms with Crippen molar-refractivity contribution in [1.29, 1.82) is 0 Å². The number of nitrogen functional groups attached to an aromatic ring is 1. The van der Waals surface area contributed by atoms with Gasteiger partial charge >= 0.3 is 0 Å². The van der Waals surface area contributed by atoms with Gasteiger partial charge in [-0.25, -0.2) is 9.37 Å². The summed E-state index contributed by atoms with van der Waals surface area (Å²) >= 11 is 2.82. The zero-order valence-corrected chi connectivity index (χ0v) is 9.32. The summed E-state index contributed by atoms with van der Waals surface area (Å²) in [5.74, 6) is 0.343. The van der Waals surface area contributed by atoms with Crippen LogP contribution in [0.3, 0.4) is 0 Å². The second kappa shape index (κ2) is 4.59.